The van der Waals surface area contributed by atoms with Gasteiger partial charge in [0.05, 0.1) is 6.04 Å². The molecule has 0 saturated carbocycles. The molecule has 2 atom stereocenters. The van der Waals surface area contributed by atoms with Gasteiger partial charge in [0, 0.05) is 13.0 Å². The first-order chi connectivity index (χ1) is 17.4. The average molecular weight is 509 g/mol. The van der Waals surface area contributed by atoms with Crippen LogP contribution in [-0.2, 0) is 27.4 Å². The van der Waals surface area contributed by atoms with Crippen LogP contribution >= 0.6 is 0 Å². The second-order valence-corrected chi connectivity index (χ2v) is 11.1. The van der Waals surface area contributed by atoms with Gasteiger partial charge in [0.1, 0.15) is 24.0 Å². The van der Waals surface area contributed by atoms with Gasteiger partial charge in [-0.25, -0.2) is 4.79 Å². The van der Waals surface area contributed by atoms with Gasteiger partial charge in [-0.1, -0.05) is 68.0 Å². The lowest BCUT2D eigenvalue weighted by atomic mass is 10.0. The van der Waals surface area contributed by atoms with Crippen LogP contribution in [0.1, 0.15) is 66.0 Å². The Morgan fingerprint density at radius 2 is 1.57 bits per heavy atom. The van der Waals surface area contributed by atoms with Crippen molar-refractivity contribution >= 4 is 11.9 Å². The normalized spacial score (nSPS) is 13.0. The molecule has 0 saturated heterocycles. The highest BCUT2D eigenvalue weighted by molar-refractivity contribution is 5.88. The third-order valence-corrected chi connectivity index (χ3v) is 5.52. The number of esters is 1. The summed E-state index contributed by atoms with van der Waals surface area (Å²) < 4.78 is 11.5. The Hall–Kier alpha value is -3.12. The predicted molar refractivity (Wildman–Crippen MR) is 149 cm³/mol. The Morgan fingerprint density at radius 1 is 0.919 bits per heavy atom. The maximum Gasteiger partial charge on any atom is 0.329 e. The lowest BCUT2D eigenvalue weighted by Crippen LogP contribution is -2.52. The van der Waals surface area contributed by atoms with E-state index in [0.29, 0.717) is 31.9 Å². The van der Waals surface area contributed by atoms with Crippen LogP contribution in [0.5, 0.6) is 5.75 Å². The van der Waals surface area contributed by atoms with E-state index in [2.05, 4.69) is 24.5 Å². The maximum atomic E-state index is 13.3. The molecule has 2 N–H and O–H groups in total. The Kier molecular flexibility index (Phi) is 11.9. The average Bonchev–Trinajstić information content (AvgIpc) is 2.81. The van der Waals surface area contributed by atoms with E-state index in [-0.39, 0.29) is 5.91 Å². The van der Waals surface area contributed by atoms with Gasteiger partial charge in [-0.3, -0.25) is 4.79 Å². The first-order valence-electron chi connectivity index (χ1n) is 13.1. The van der Waals surface area contributed by atoms with Crippen molar-refractivity contribution in [1.29, 1.82) is 0 Å². The van der Waals surface area contributed by atoms with Crippen molar-refractivity contribution in [3.8, 4) is 5.75 Å². The SMILES string of the molecule is CC(C)=CCN[C@@H](CC(C)C)C(=O)N[C@@H](Cc1ccc(OCc2ccccc2)cc1)C(=O)OC(C)(C)C. The fourth-order valence-corrected chi connectivity index (χ4v) is 3.70. The topological polar surface area (TPSA) is 76.7 Å². The molecule has 0 heterocycles. The molecule has 0 unspecified atom stereocenters. The molecule has 202 valence electrons. The molecule has 0 aliphatic carbocycles. The predicted octanol–water partition coefficient (Wildman–Crippen LogP) is 5.61. The summed E-state index contributed by atoms with van der Waals surface area (Å²) in [5.74, 6) is 0.414. The monoisotopic (exact) mass is 508 g/mol. The van der Waals surface area contributed by atoms with Crippen LogP contribution < -0.4 is 15.4 Å². The number of hydrogen-bond donors (Lipinski definition) is 2. The molecule has 6 heteroatoms. The van der Waals surface area contributed by atoms with Crippen molar-refractivity contribution in [2.24, 2.45) is 5.92 Å². The van der Waals surface area contributed by atoms with E-state index in [1.807, 2.05) is 95.3 Å². The number of benzene rings is 2. The summed E-state index contributed by atoms with van der Waals surface area (Å²) in [4.78, 5) is 26.4. The molecule has 6 nitrogen and oxygen atoms in total. The van der Waals surface area contributed by atoms with Crippen LogP contribution in [0.4, 0.5) is 0 Å². The standard InChI is InChI=1S/C31H44N2O4/c1-22(2)17-18-32-27(19-23(3)4)29(34)33-28(30(35)37-31(5,6)7)20-24-13-15-26(16-14-24)36-21-25-11-9-8-10-12-25/h8-17,23,27-28,32H,18-21H2,1-7H3,(H,33,34)/t27-,28-/m0/s1. The van der Waals surface area contributed by atoms with Crippen molar-refractivity contribution in [1.82, 2.24) is 10.6 Å². The lowest BCUT2D eigenvalue weighted by Gasteiger charge is -2.27. The van der Waals surface area contributed by atoms with Gasteiger partial charge in [0.2, 0.25) is 5.91 Å². The Labute approximate surface area is 222 Å². The molecule has 0 bridgehead atoms. The van der Waals surface area contributed by atoms with Gasteiger partial charge in [-0.2, -0.15) is 0 Å². The van der Waals surface area contributed by atoms with E-state index >= 15 is 0 Å². The maximum absolute atomic E-state index is 13.3. The zero-order valence-corrected chi connectivity index (χ0v) is 23.5. The number of allylic oxidation sites excluding steroid dienone is 1. The van der Waals surface area contributed by atoms with Crippen molar-refractivity contribution < 1.29 is 19.1 Å². The highest BCUT2D eigenvalue weighted by atomic mass is 16.6. The third-order valence-electron chi connectivity index (χ3n) is 5.52. The molecule has 0 aliphatic heterocycles. The summed E-state index contributed by atoms with van der Waals surface area (Å²) in [6, 6.07) is 16.4. The number of nitrogens with one attached hydrogen (secondary N) is 2. The molecular weight excluding hydrogens is 464 g/mol. The zero-order valence-electron chi connectivity index (χ0n) is 23.5. The summed E-state index contributed by atoms with van der Waals surface area (Å²) in [6.07, 6.45) is 3.03. The van der Waals surface area contributed by atoms with Crippen LogP contribution in [0.2, 0.25) is 0 Å². The number of hydrogen-bond acceptors (Lipinski definition) is 5. The van der Waals surface area contributed by atoms with E-state index in [0.717, 1.165) is 16.9 Å². The highest BCUT2D eigenvalue weighted by Crippen LogP contribution is 2.17. The largest absolute Gasteiger partial charge is 0.489 e. The van der Waals surface area contributed by atoms with E-state index in [4.69, 9.17) is 9.47 Å². The van der Waals surface area contributed by atoms with Crippen molar-refractivity contribution in [2.75, 3.05) is 6.54 Å². The molecule has 2 aromatic carbocycles. The molecule has 2 rings (SSSR count). The Bertz CT molecular complexity index is 1000. The fourth-order valence-electron chi connectivity index (χ4n) is 3.70. The lowest BCUT2D eigenvalue weighted by molar-refractivity contribution is -0.158. The van der Waals surface area contributed by atoms with Gasteiger partial charge in [0.15, 0.2) is 0 Å². The molecule has 37 heavy (non-hydrogen) atoms. The minimum Gasteiger partial charge on any atom is -0.489 e. The minimum atomic E-state index is -0.803. The number of rotatable bonds is 13. The molecule has 0 spiro atoms. The summed E-state index contributed by atoms with van der Waals surface area (Å²) in [5.41, 5.74) is 2.52. The van der Waals surface area contributed by atoms with Gasteiger partial charge in [0.25, 0.3) is 0 Å². The molecular formula is C31H44N2O4. The summed E-state index contributed by atoms with van der Waals surface area (Å²) in [7, 11) is 0. The Balaban J connectivity index is 2.12. The van der Waals surface area contributed by atoms with Crippen LogP contribution in [0, 0.1) is 5.92 Å². The number of carbonyl (C=O) groups is 2. The first-order valence-corrected chi connectivity index (χ1v) is 13.1. The second kappa shape index (κ2) is 14.6. The molecule has 0 fully saturated rings. The van der Waals surface area contributed by atoms with Crippen LogP contribution in [-0.4, -0.2) is 36.1 Å². The van der Waals surface area contributed by atoms with E-state index in [9.17, 15) is 9.59 Å². The molecule has 0 aliphatic rings. The van der Waals surface area contributed by atoms with Crippen molar-refractivity contribution in [3.63, 3.8) is 0 Å². The highest BCUT2D eigenvalue weighted by Gasteiger charge is 2.29. The van der Waals surface area contributed by atoms with Crippen molar-refractivity contribution in [2.45, 2.75) is 85.6 Å². The quantitative estimate of drug-likeness (QED) is 0.272. The second-order valence-electron chi connectivity index (χ2n) is 11.1. The minimum absolute atomic E-state index is 0.200. The first kappa shape index (κ1) is 30.1. The van der Waals surface area contributed by atoms with Crippen LogP contribution in [0.3, 0.4) is 0 Å². The molecule has 0 aromatic heterocycles. The molecule has 2 aromatic rings. The number of amides is 1. The van der Waals surface area contributed by atoms with Gasteiger partial charge >= 0.3 is 5.97 Å². The van der Waals surface area contributed by atoms with Crippen molar-refractivity contribution in [3.05, 3.63) is 77.4 Å². The summed E-state index contributed by atoms with van der Waals surface area (Å²) in [5, 5.41) is 6.28. The smallest absolute Gasteiger partial charge is 0.329 e. The van der Waals surface area contributed by atoms with E-state index < -0.39 is 23.7 Å². The van der Waals surface area contributed by atoms with Crippen LogP contribution in [0.15, 0.2) is 66.2 Å². The summed E-state index contributed by atoms with van der Waals surface area (Å²) >= 11 is 0. The Morgan fingerprint density at radius 3 is 2.14 bits per heavy atom. The molecule has 0 radical (unpaired) electrons. The van der Waals surface area contributed by atoms with Gasteiger partial charge < -0.3 is 20.1 Å². The summed E-state index contributed by atoms with van der Waals surface area (Å²) in [6.45, 7) is 14.8. The zero-order chi connectivity index (χ0) is 27.4. The van der Waals surface area contributed by atoms with E-state index in [1.54, 1.807) is 0 Å². The number of ether oxygens (including phenoxy) is 2. The van der Waals surface area contributed by atoms with Crippen LogP contribution in [0.25, 0.3) is 0 Å². The van der Waals surface area contributed by atoms with E-state index in [1.165, 1.54) is 5.57 Å². The fraction of sp³-hybridized carbons (Fsp3) is 0.484. The number of carbonyl (C=O) groups excluding carboxylic acids is 2. The van der Waals surface area contributed by atoms with Gasteiger partial charge in [-0.15, -0.1) is 0 Å². The van der Waals surface area contributed by atoms with Gasteiger partial charge in [-0.05, 0) is 70.2 Å². The molecule has 1 amide bonds. The third kappa shape index (κ3) is 12.1.